The molecule has 0 fully saturated rings. The van der Waals surface area contributed by atoms with Crippen LogP contribution >= 0.6 is 11.3 Å². The summed E-state index contributed by atoms with van der Waals surface area (Å²) in [4.78, 5) is 12.3. The van der Waals surface area contributed by atoms with Crippen LogP contribution in [-0.4, -0.2) is 29.6 Å². The molecule has 0 aliphatic heterocycles. The van der Waals surface area contributed by atoms with Crippen molar-refractivity contribution in [2.75, 3.05) is 18.5 Å². The standard InChI is InChI=1S/C16H24N4S/c1-12(2)18-11-15-13(3)19-16(21-15)20(4)10-7-14-5-8-17-9-6-14/h5-6,8-9,12,18H,7,10-11H2,1-4H3. The minimum Gasteiger partial charge on any atom is -0.351 e. The Bertz CT molecular complexity index is 551. The molecule has 0 aliphatic carbocycles. The van der Waals surface area contributed by atoms with Gasteiger partial charge in [-0.15, -0.1) is 11.3 Å². The van der Waals surface area contributed by atoms with Gasteiger partial charge in [-0.2, -0.15) is 0 Å². The van der Waals surface area contributed by atoms with Gasteiger partial charge in [-0.05, 0) is 31.0 Å². The van der Waals surface area contributed by atoms with Crippen LogP contribution in [0.1, 0.15) is 30.0 Å². The van der Waals surface area contributed by atoms with Crippen molar-refractivity contribution in [3.63, 3.8) is 0 Å². The van der Waals surface area contributed by atoms with Gasteiger partial charge < -0.3 is 10.2 Å². The van der Waals surface area contributed by atoms with Crippen LogP contribution in [0, 0.1) is 6.92 Å². The Labute approximate surface area is 131 Å². The van der Waals surface area contributed by atoms with Crippen molar-refractivity contribution >= 4 is 16.5 Å². The van der Waals surface area contributed by atoms with Crippen molar-refractivity contribution in [2.24, 2.45) is 0 Å². The van der Waals surface area contributed by atoms with E-state index in [0.717, 1.165) is 30.3 Å². The third-order valence-electron chi connectivity index (χ3n) is 3.36. The highest BCUT2D eigenvalue weighted by molar-refractivity contribution is 7.15. The van der Waals surface area contributed by atoms with E-state index in [0.29, 0.717) is 6.04 Å². The van der Waals surface area contributed by atoms with Crippen LogP contribution in [0.2, 0.25) is 0 Å². The lowest BCUT2D eigenvalue weighted by molar-refractivity contribution is 0.591. The highest BCUT2D eigenvalue weighted by atomic mass is 32.1. The summed E-state index contributed by atoms with van der Waals surface area (Å²) in [5.74, 6) is 0. The molecule has 2 aromatic heterocycles. The molecule has 5 heteroatoms. The number of thiazole rings is 1. The fraction of sp³-hybridized carbons (Fsp3) is 0.500. The highest BCUT2D eigenvalue weighted by Gasteiger charge is 2.11. The van der Waals surface area contributed by atoms with Crippen molar-refractivity contribution < 1.29 is 0 Å². The third kappa shape index (κ3) is 4.79. The van der Waals surface area contributed by atoms with Gasteiger partial charge in [-0.3, -0.25) is 4.98 Å². The molecule has 0 aliphatic rings. The van der Waals surface area contributed by atoms with Crippen molar-refractivity contribution in [3.05, 3.63) is 40.7 Å². The highest BCUT2D eigenvalue weighted by Crippen LogP contribution is 2.25. The predicted octanol–water partition coefficient (Wildman–Crippen LogP) is 3.02. The van der Waals surface area contributed by atoms with Crippen LogP contribution in [0.5, 0.6) is 0 Å². The maximum absolute atomic E-state index is 4.69. The number of likely N-dealkylation sites (N-methyl/N-ethyl adjacent to an activating group) is 1. The van der Waals surface area contributed by atoms with Gasteiger partial charge in [-0.1, -0.05) is 13.8 Å². The molecule has 21 heavy (non-hydrogen) atoms. The Morgan fingerprint density at radius 1 is 1.29 bits per heavy atom. The van der Waals surface area contributed by atoms with Crippen molar-refractivity contribution in [3.8, 4) is 0 Å². The SMILES string of the molecule is Cc1nc(N(C)CCc2ccncc2)sc1CNC(C)C. The third-order valence-corrected chi connectivity index (χ3v) is 4.64. The van der Waals surface area contributed by atoms with Gasteiger partial charge in [-0.25, -0.2) is 4.98 Å². The first-order valence-corrected chi connectivity index (χ1v) is 8.17. The molecule has 0 unspecified atom stereocenters. The van der Waals surface area contributed by atoms with E-state index >= 15 is 0 Å². The van der Waals surface area contributed by atoms with Crippen LogP contribution in [0.25, 0.3) is 0 Å². The first-order valence-electron chi connectivity index (χ1n) is 7.36. The lowest BCUT2D eigenvalue weighted by atomic mass is 10.2. The molecule has 0 saturated heterocycles. The minimum absolute atomic E-state index is 0.499. The number of pyridine rings is 1. The molecule has 2 rings (SSSR count). The Morgan fingerprint density at radius 3 is 2.67 bits per heavy atom. The average Bonchev–Trinajstić information content (AvgIpc) is 2.85. The van der Waals surface area contributed by atoms with E-state index in [1.807, 2.05) is 12.4 Å². The van der Waals surface area contributed by atoms with E-state index in [4.69, 9.17) is 4.98 Å². The van der Waals surface area contributed by atoms with Crippen molar-refractivity contribution in [1.29, 1.82) is 0 Å². The minimum atomic E-state index is 0.499. The molecule has 1 N–H and O–H groups in total. The van der Waals surface area contributed by atoms with Gasteiger partial charge in [0.05, 0.1) is 5.69 Å². The van der Waals surface area contributed by atoms with Gasteiger partial charge in [0.2, 0.25) is 0 Å². The molecule has 0 saturated carbocycles. The van der Waals surface area contributed by atoms with Crippen molar-refractivity contribution in [1.82, 2.24) is 15.3 Å². The lowest BCUT2D eigenvalue weighted by Gasteiger charge is -2.15. The van der Waals surface area contributed by atoms with E-state index < -0.39 is 0 Å². The number of hydrogen-bond acceptors (Lipinski definition) is 5. The topological polar surface area (TPSA) is 41.1 Å². The zero-order valence-electron chi connectivity index (χ0n) is 13.3. The summed E-state index contributed by atoms with van der Waals surface area (Å²) in [6, 6.07) is 4.64. The Hall–Kier alpha value is -1.46. The number of nitrogens with zero attached hydrogens (tertiary/aromatic N) is 3. The lowest BCUT2D eigenvalue weighted by Crippen LogP contribution is -2.21. The number of aromatic nitrogens is 2. The number of hydrogen-bond donors (Lipinski definition) is 1. The van der Waals surface area contributed by atoms with E-state index in [-0.39, 0.29) is 0 Å². The molecule has 0 aromatic carbocycles. The van der Waals surface area contributed by atoms with Crippen molar-refractivity contribution in [2.45, 2.75) is 39.8 Å². The van der Waals surface area contributed by atoms with Crippen LogP contribution in [0.4, 0.5) is 5.13 Å². The molecule has 2 aromatic rings. The first kappa shape index (κ1) is 15.9. The summed E-state index contributed by atoms with van der Waals surface area (Å²) in [6.45, 7) is 8.29. The van der Waals surface area contributed by atoms with Crippen LogP contribution in [0.3, 0.4) is 0 Å². The normalized spacial score (nSPS) is 11.1. The summed E-state index contributed by atoms with van der Waals surface area (Å²) in [5.41, 5.74) is 2.45. The van der Waals surface area contributed by atoms with Crippen LogP contribution in [-0.2, 0) is 13.0 Å². The number of nitrogens with one attached hydrogen (secondary N) is 1. The zero-order chi connectivity index (χ0) is 15.2. The predicted molar refractivity (Wildman–Crippen MR) is 90.0 cm³/mol. The number of aryl methyl sites for hydroxylation is 1. The van der Waals surface area contributed by atoms with E-state index in [1.54, 1.807) is 11.3 Å². The van der Waals surface area contributed by atoms with Crippen LogP contribution < -0.4 is 10.2 Å². The largest absolute Gasteiger partial charge is 0.351 e. The summed E-state index contributed by atoms with van der Waals surface area (Å²) in [5, 5.41) is 4.56. The number of rotatable bonds is 7. The number of anilines is 1. The molecule has 4 nitrogen and oxygen atoms in total. The molecule has 114 valence electrons. The maximum atomic E-state index is 4.69. The molecule has 0 radical (unpaired) electrons. The molecule has 0 atom stereocenters. The average molecular weight is 304 g/mol. The molecular formula is C16H24N4S. The Kier molecular flexibility index (Phi) is 5.70. The second kappa shape index (κ2) is 7.52. The Balaban J connectivity index is 1.93. The quantitative estimate of drug-likeness (QED) is 0.853. The van der Waals surface area contributed by atoms with E-state index in [9.17, 15) is 0 Å². The van der Waals surface area contributed by atoms with Gasteiger partial charge in [0, 0.05) is 43.4 Å². The second-order valence-corrected chi connectivity index (χ2v) is 6.63. The van der Waals surface area contributed by atoms with E-state index in [2.05, 4.69) is 55.2 Å². The monoisotopic (exact) mass is 304 g/mol. The molecule has 2 heterocycles. The van der Waals surface area contributed by atoms with Gasteiger partial charge in [0.15, 0.2) is 5.13 Å². The summed E-state index contributed by atoms with van der Waals surface area (Å²) in [7, 11) is 2.11. The fourth-order valence-corrected chi connectivity index (χ4v) is 2.98. The first-order chi connectivity index (χ1) is 10.1. The smallest absolute Gasteiger partial charge is 0.185 e. The summed E-state index contributed by atoms with van der Waals surface area (Å²) < 4.78 is 0. The Morgan fingerprint density at radius 2 is 2.00 bits per heavy atom. The van der Waals surface area contributed by atoms with Gasteiger partial charge in [0.1, 0.15) is 0 Å². The molecule has 0 amide bonds. The molecule has 0 spiro atoms. The second-order valence-electron chi connectivity index (χ2n) is 5.57. The fourth-order valence-electron chi connectivity index (χ4n) is 1.98. The van der Waals surface area contributed by atoms with Gasteiger partial charge in [0.25, 0.3) is 0 Å². The summed E-state index contributed by atoms with van der Waals surface area (Å²) in [6.07, 6.45) is 4.70. The maximum Gasteiger partial charge on any atom is 0.185 e. The molecule has 0 bridgehead atoms. The van der Waals surface area contributed by atoms with Gasteiger partial charge >= 0.3 is 0 Å². The molecular weight excluding hydrogens is 280 g/mol. The summed E-state index contributed by atoms with van der Waals surface area (Å²) >= 11 is 1.78. The zero-order valence-corrected chi connectivity index (χ0v) is 14.1. The van der Waals surface area contributed by atoms with E-state index in [1.165, 1.54) is 10.4 Å². The van der Waals surface area contributed by atoms with Crippen LogP contribution in [0.15, 0.2) is 24.5 Å².